The summed E-state index contributed by atoms with van der Waals surface area (Å²) in [5.41, 5.74) is 0. The number of hydrogen-bond acceptors (Lipinski definition) is 2. The predicted molar refractivity (Wildman–Crippen MR) is 40.5 cm³/mol. The number of rotatable bonds is 0. The van der Waals surface area contributed by atoms with Gasteiger partial charge in [-0.05, 0) is 25.4 Å². The van der Waals surface area contributed by atoms with Crippen LogP contribution in [0.15, 0.2) is 0 Å². The van der Waals surface area contributed by atoms with Gasteiger partial charge in [0.15, 0.2) is 0 Å². The fourth-order valence-electron chi connectivity index (χ4n) is 1.03. The third-order valence-corrected chi connectivity index (χ3v) is 2.07. The van der Waals surface area contributed by atoms with Gasteiger partial charge in [-0.15, -0.1) is 0 Å². The van der Waals surface area contributed by atoms with E-state index in [9.17, 15) is 9.59 Å². The lowest BCUT2D eigenvalue weighted by atomic mass is 10.2. The molecule has 62 valence electrons. The average Bonchev–Trinajstić information content (AvgIpc) is 2.07. The number of amides is 3. The first-order chi connectivity index (χ1) is 5.04. The fourth-order valence-corrected chi connectivity index (χ4v) is 1.26. The molecule has 4 nitrogen and oxygen atoms in total. The van der Waals surface area contributed by atoms with Crippen molar-refractivity contribution in [2.75, 3.05) is 0 Å². The Morgan fingerprint density at radius 1 is 1.64 bits per heavy atom. The van der Waals surface area contributed by atoms with E-state index >= 15 is 0 Å². The molecule has 0 radical (unpaired) electrons. The van der Waals surface area contributed by atoms with Crippen LogP contribution < -0.4 is 5.32 Å². The summed E-state index contributed by atoms with van der Waals surface area (Å²) >= 11 is 5.17. The van der Waals surface area contributed by atoms with E-state index in [-0.39, 0.29) is 12.1 Å². The minimum atomic E-state index is -0.723. The van der Waals surface area contributed by atoms with Crippen molar-refractivity contribution in [1.29, 1.82) is 0 Å². The molecule has 1 fully saturated rings. The summed E-state index contributed by atoms with van der Waals surface area (Å²) in [4.78, 5) is 22.6. The molecular weight excluding hydrogens is 168 g/mol. The smallest absolute Gasteiger partial charge is 0.325 e. The number of halogens is 1. The maximum Gasteiger partial charge on any atom is 0.325 e. The second-order valence-corrected chi connectivity index (χ2v) is 2.93. The van der Waals surface area contributed by atoms with Crippen LogP contribution in [-0.4, -0.2) is 28.4 Å². The number of urea groups is 1. The number of hydrogen-bond donors (Lipinski definition) is 1. The first-order valence-corrected chi connectivity index (χ1v) is 3.71. The second-order valence-electron chi connectivity index (χ2n) is 2.60. The third kappa shape index (κ3) is 1.30. The van der Waals surface area contributed by atoms with Crippen LogP contribution in [0.25, 0.3) is 0 Å². The topological polar surface area (TPSA) is 49.4 Å². The van der Waals surface area contributed by atoms with Crippen LogP contribution in [0.5, 0.6) is 0 Å². The Balaban J connectivity index is 2.79. The van der Waals surface area contributed by atoms with Gasteiger partial charge >= 0.3 is 11.4 Å². The Morgan fingerprint density at radius 3 is 2.36 bits per heavy atom. The van der Waals surface area contributed by atoms with Gasteiger partial charge in [0.25, 0.3) is 0 Å². The molecule has 1 rings (SSSR count). The quantitative estimate of drug-likeness (QED) is 0.445. The van der Waals surface area contributed by atoms with Gasteiger partial charge in [-0.3, -0.25) is 4.79 Å². The minimum Gasteiger partial charge on any atom is -0.333 e. The zero-order valence-electron chi connectivity index (χ0n) is 6.30. The van der Waals surface area contributed by atoms with Crippen molar-refractivity contribution in [3.63, 3.8) is 0 Å². The predicted octanol–water partition coefficient (Wildman–Crippen LogP) is 1.15. The normalized spacial score (nSPS) is 30.5. The molecular formula is C6H9ClN2O2. The van der Waals surface area contributed by atoms with Crippen LogP contribution in [0, 0.1) is 0 Å². The highest BCUT2D eigenvalue weighted by Crippen LogP contribution is 2.14. The van der Waals surface area contributed by atoms with E-state index in [0.717, 1.165) is 4.90 Å². The van der Waals surface area contributed by atoms with Gasteiger partial charge in [0.05, 0.1) is 6.04 Å². The molecule has 0 bridgehead atoms. The highest BCUT2D eigenvalue weighted by atomic mass is 35.5. The van der Waals surface area contributed by atoms with Crippen molar-refractivity contribution in [3.05, 3.63) is 0 Å². The van der Waals surface area contributed by atoms with E-state index in [1.165, 1.54) is 0 Å². The minimum absolute atomic E-state index is 0.0230. The summed E-state index contributed by atoms with van der Waals surface area (Å²) in [6.07, 6.45) is 0. The van der Waals surface area contributed by atoms with Gasteiger partial charge in [-0.1, -0.05) is 0 Å². The van der Waals surface area contributed by atoms with Crippen LogP contribution in [0.4, 0.5) is 9.59 Å². The summed E-state index contributed by atoms with van der Waals surface area (Å²) in [6.45, 7) is 3.59. The number of imide groups is 1. The lowest BCUT2D eigenvalue weighted by Gasteiger charge is -2.15. The van der Waals surface area contributed by atoms with Gasteiger partial charge < -0.3 is 5.32 Å². The molecule has 5 heteroatoms. The molecule has 0 spiro atoms. The molecule has 11 heavy (non-hydrogen) atoms. The molecule has 1 saturated heterocycles. The van der Waals surface area contributed by atoms with Gasteiger partial charge in [0.1, 0.15) is 0 Å². The van der Waals surface area contributed by atoms with Crippen LogP contribution in [0.2, 0.25) is 0 Å². The Hall–Kier alpha value is -0.770. The standard InChI is InChI=1S/C6H9ClN2O2/c1-3-4(2)9(5(7)10)6(11)8-3/h3-4H,1-2H3,(H,8,11)/t3-,4-/m0/s1. The molecule has 1 heterocycles. The zero-order valence-corrected chi connectivity index (χ0v) is 7.05. The van der Waals surface area contributed by atoms with Crippen LogP contribution in [0.3, 0.4) is 0 Å². The number of nitrogens with zero attached hydrogens (tertiary/aromatic N) is 1. The van der Waals surface area contributed by atoms with E-state index in [2.05, 4.69) is 5.32 Å². The van der Waals surface area contributed by atoms with E-state index in [1.807, 2.05) is 6.92 Å². The lowest BCUT2D eigenvalue weighted by Crippen LogP contribution is -2.35. The highest BCUT2D eigenvalue weighted by Gasteiger charge is 2.36. The monoisotopic (exact) mass is 176 g/mol. The number of nitrogens with one attached hydrogen (secondary N) is 1. The summed E-state index contributed by atoms with van der Waals surface area (Å²) in [5.74, 6) is 0. The Bertz CT molecular complexity index is 207. The number of carbonyl (C=O) groups is 2. The molecule has 1 N–H and O–H groups in total. The van der Waals surface area contributed by atoms with E-state index in [0.29, 0.717) is 0 Å². The Morgan fingerprint density at radius 2 is 2.18 bits per heavy atom. The Labute approximate surface area is 69.5 Å². The van der Waals surface area contributed by atoms with Crippen molar-refractivity contribution in [2.24, 2.45) is 0 Å². The molecule has 2 atom stereocenters. The molecule has 1 aliphatic rings. The van der Waals surface area contributed by atoms with Gasteiger partial charge in [0, 0.05) is 6.04 Å². The second kappa shape index (κ2) is 2.70. The van der Waals surface area contributed by atoms with Crippen LogP contribution in [-0.2, 0) is 0 Å². The largest absolute Gasteiger partial charge is 0.333 e. The SMILES string of the molecule is C[C@@H]1NC(=O)N(C(=O)Cl)[C@H]1C. The zero-order chi connectivity index (χ0) is 8.59. The average molecular weight is 177 g/mol. The number of carbonyl (C=O) groups excluding carboxylic acids is 2. The van der Waals surface area contributed by atoms with E-state index in [1.54, 1.807) is 6.92 Å². The molecule has 0 unspecified atom stereocenters. The van der Waals surface area contributed by atoms with Crippen LogP contribution in [0.1, 0.15) is 13.8 Å². The third-order valence-electron chi connectivity index (χ3n) is 1.89. The van der Waals surface area contributed by atoms with Gasteiger partial charge in [-0.2, -0.15) is 0 Å². The summed E-state index contributed by atoms with van der Waals surface area (Å²) < 4.78 is 0. The lowest BCUT2D eigenvalue weighted by molar-refractivity contribution is 0.204. The molecule has 3 amide bonds. The molecule has 0 aromatic rings. The van der Waals surface area contributed by atoms with E-state index < -0.39 is 11.4 Å². The molecule has 0 aromatic heterocycles. The fraction of sp³-hybridized carbons (Fsp3) is 0.667. The first-order valence-electron chi connectivity index (χ1n) is 3.33. The van der Waals surface area contributed by atoms with Crippen molar-refractivity contribution in [2.45, 2.75) is 25.9 Å². The summed E-state index contributed by atoms with van der Waals surface area (Å²) in [6, 6.07) is -0.595. The van der Waals surface area contributed by atoms with Crippen molar-refractivity contribution >= 4 is 23.0 Å². The summed E-state index contributed by atoms with van der Waals surface area (Å²) in [5, 5.41) is 1.86. The molecule has 0 saturated carbocycles. The highest BCUT2D eigenvalue weighted by molar-refractivity contribution is 6.64. The molecule has 1 aliphatic heterocycles. The van der Waals surface area contributed by atoms with E-state index in [4.69, 9.17) is 11.6 Å². The first kappa shape index (κ1) is 8.33. The van der Waals surface area contributed by atoms with Gasteiger partial charge in [-0.25, -0.2) is 9.69 Å². The molecule has 0 aromatic carbocycles. The maximum absolute atomic E-state index is 10.9. The maximum atomic E-state index is 10.9. The Kier molecular flexibility index (Phi) is 2.04. The van der Waals surface area contributed by atoms with Crippen molar-refractivity contribution in [1.82, 2.24) is 10.2 Å². The summed E-state index contributed by atoms with van der Waals surface area (Å²) in [7, 11) is 0. The van der Waals surface area contributed by atoms with Crippen molar-refractivity contribution < 1.29 is 9.59 Å². The van der Waals surface area contributed by atoms with Crippen molar-refractivity contribution in [3.8, 4) is 0 Å². The van der Waals surface area contributed by atoms with Crippen LogP contribution >= 0.6 is 11.6 Å². The van der Waals surface area contributed by atoms with Gasteiger partial charge in [0.2, 0.25) is 0 Å². The molecule has 0 aliphatic carbocycles.